The van der Waals surface area contributed by atoms with E-state index in [4.69, 9.17) is 0 Å². The number of aryl methyl sites for hydroxylation is 1. The molecule has 0 saturated carbocycles. The SMILES string of the molecule is C=COC(=O)CC.CCCCc1ccccc1[SiH3]. The lowest BCUT2D eigenvalue weighted by Gasteiger charge is -2.02. The van der Waals surface area contributed by atoms with Crippen LogP contribution in [0, 0.1) is 0 Å². The van der Waals surface area contributed by atoms with Crippen molar-refractivity contribution in [2.75, 3.05) is 0 Å². The Morgan fingerprint density at radius 2 is 2.06 bits per heavy atom. The van der Waals surface area contributed by atoms with E-state index in [1.165, 1.54) is 29.5 Å². The van der Waals surface area contributed by atoms with Crippen LogP contribution >= 0.6 is 0 Å². The summed E-state index contributed by atoms with van der Waals surface area (Å²) in [5.74, 6) is -0.241. The molecule has 0 atom stereocenters. The van der Waals surface area contributed by atoms with Gasteiger partial charge in [-0.25, -0.2) is 0 Å². The van der Waals surface area contributed by atoms with E-state index >= 15 is 0 Å². The van der Waals surface area contributed by atoms with Crippen molar-refractivity contribution in [1.29, 1.82) is 0 Å². The lowest BCUT2D eigenvalue weighted by atomic mass is 10.1. The zero-order valence-corrected chi connectivity index (χ0v) is 13.7. The van der Waals surface area contributed by atoms with Crippen LogP contribution < -0.4 is 5.19 Å². The zero-order chi connectivity index (χ0) is 13.8. The summed E-state index contributed by atoms with van der Waals surface area (Å²) in [5, 5.41) is 1.57. The number of hydrogen-bond donors (Lipinski definition) is 0. The highest BCUT2D eigenvalue weighted by atomic mass is 28.1. The monoisotopic (exact) mass is 264 g/mol. The molecule has 0 radical (unpaired) electrons. The number of rotatable bonds is 5. The van der Waals surface area contributed by atoms with Crippen molar-refractivity contribution < 1.29 is 9.53 Å². The summed E-state index contributed by atoms with van der Waals surface area (Å²) in [6.07, 6.45) is 5.45. The topological polar surface area (TPSA) is 26.3 Å². The van der Waals surface area contributed by atoms with Gasteiger partial charge in [-0.15, -0.1) is 0 Å². The summed E-state index contributed by atoms with van der Waals surface area (Å²) in [5.41, 5.74) is 1.57. The Morgan fingerprint density at radius 3 is 2.50 bits per heavy atom. The number of benzene rings is 1. The zero-order valence-electron chi connectivity index (χ0n) is 11.7. The van der Waals surface area contributed by atoms with Crippen LogP contribution in [0.2, 0.25) is 0 Å². The molecule has 3 heteroatoms. The number of ether oxygens (including phenoxy) is 1. The molecular weight excluding hydrogens is 240 g/mol. The molecule has 0 spiro atoms. The van der Waals surface area contributed by atoms with Crippen LogP contribution in [-0.4, -0.2) is 16.2 Å². The predicted molar refractivity (Wildman–Crippen MR) is 81.2 cm³/mol. The van der Waals surface area contributed by atoms with Crippen molar-refractivity contribution in [2.24, 2.45) is 0 Å². The summed E-state index contributed by atoms with van der Waals surface area (Å²) in [7, 11) is 1.19. The standard InChI is InChI=1S/C10H16Si.C5H8O2/c1-2-3-6-9-7-4-5-8-10(9)11;1-3-5(6)7-4-2/h4-5,7-8H,2-3,6H2,1,11H3;4H,2-3H2,1H3. The molecule has 0 aromatic heterocycles. The maximum Gasteiger partial charge on any atom is 0.310 e. The molecule has 0 heterocycles. The molecule has 1 rings (SSSR count). The molecule has 0 fully saturated rings. The first-order valence-electron chi connectivity index (χ1n) is 6.50. The van der Waals surface area contributed by atoms with Crippen LogP contribution in [0.4, 0.5) is 0 Å². The summed E-state index contributed by atoms with van der Waals surface area (Å²) in [6, 6.07) is 8.79. The fourth-order valence-corrected chi connectivity index (χ4v) is 2.04. The van der Waals surface area contributed by atoms with E-state index < -0.39 is 0 Å². The van der Waals surface area contributed by atoms with Crippen molar-refractivity contribution in [3.8, 4) is 0 Å². The van der Waals surface area contributed by atoms with Gasteiger partial charge in [-0.1, -0.05) is 56.3 Å². The molecular formula is C15H24O2Si. The quantitative estimate of drug-likeness (QED) is 0.462. The van der Waals surface area contributed by atoms with Gasteiger partial charge in [0.1, 0.15) is 0 Å². The molecule has 1 aromatic rings. The number of esters is 1. The fourth-order valence-electron chi connectivity index (χ4n) is 1.43. The fraction of sp³-hybridized carbons (Fsp3) is 0.400. The van der Waals surface area contributed by atoms with Gasteiger partial charge in [-0.05, 0) is 18.4 Å². The first-order chi connectivity index (χ1) is 8.65. The Hall–Kier alpha value is -1.35. The summed E-state index contributed by atoms with van der Waals surface area (Å²) < 4.78 is 4.32. The average molecular weight is 264 g/mol. The van der Waals surface area contributed by atoms with Crippen LogP contribution in [0.15, 0.2) is 37.1 Å². The highest BCUT2D eigenvalue weighted by Gasteiger charge is 1.94. The van der Waals surface area contributed by atoms with Crippen LogP contribution in [-0.2, 0) is 16.0 Å². The summed E-state index contributed by atoms with van der Waals surface area (Å²) in [6.45, 7) is 7.18. The van der Waals surface area contributed by atoms with Gasteiger partial charge in [-0.3, -0.25) is 4.79 Å². The minimum absolute atomic E-state index is 0.241. The second-order valence-electron chi connectivity index (χ2n) is 4.04. The Kier molecular flexibility index (Phi) is 9.97. The van der Waals surface area contributed by atoms with Crippen LogP contribution in [0.3, 0.4) is 0 Å². The van der Waals surface area contributed by atoms with Gasteiger partial charge in [0.2, 0.25) is 0 Å². The Labute approximate surface area is 113 Å². The van der Waals surface area contributed by atoms with Crippen LogP contribution in [0.25, 0.3) is 0 Å². The van der Waals surface area contributed by atoms with Crippen molar-refractivity contribution in [1.82, 2.24) is 0 Å². The highest BCUT2D eigenvalue weighted by Crippen LogP contribution is 2.00. The van der Waals surface area contributed by atoms with Gasteiger partial charge in [0, 0.05) is 16.7 Å². The Balaban J connectivity index is 0.000000360. The van der Waals surface area contributed by atoms with E-state index in [-0.39, 0.29) is 5.97 Å². The van der Waals surface area contributed by atoms with Crippen molar-refractivity contribution >= 4 is 21.4 Å². The molecule has 100 valence electrons. The Bertz CT molecular complexity index is 361. The van der Waals surface area contributed by atoms with Gasteiger partial charge < -0.3 is 4.74 Å². The third-order valence-electron chi connectivity index (χ3n) is 2.56. The molecule has 0 aliphatic heterocycles. The highest BCUT2D eigenvalue weighted by molar-refractivity contribution is 6.33. The number of unbranched alkanes of at least 4 members (excludes halogenated alkanes) is 1. The summed E-state index contributed by atoms with van der Waals surface area (Å²) in [4.78, 5) is 10.1. The largest absolute Gasteiger partial charge is 0.435 e. The molecule has 0 amide bonds. The maximum atomic E-state index is 10.1. The van der Waals surface area contributed by atoms with Gasteiger partial charge in [0.05, 0.1) is 6.26 Å². The normalized spacial score (nSPS) is 9.22. The van der Waals surface area contributed by atoms with E-state index in [0.29, 0.717) is 6.42 Å². The maximum absolute atomic E-state index is 10.1. The van der Waals surface area contributed by atoms with Crippen LogP contribution in [0.1, 0.15) is 38.7 Å². The third kappa shape index (κ3) is 7.85. The lowest BCUT2D eigenvalue weighted by Crippen LogP contribution is -2.08. The molecule has 1 aromatic carbocycles. The molecule has 0 N–H and O–H groups in total. The molecule has 0 aliphatic rings. The summed E-state index contributed by atoms with van der Waals surface area (Å²) >= 11 is 0. The minimum atomic E-state index is -0.241. The second-order valence-corrected chi connectivity index (χ2v) is 5.12. The van der Waals surface area contributed by atoms with Gasteiger partial charge in [0.25, 0.3) is 0 Å². The first kappa shape index (κ1) is 16.6. The number of carbonyl (C=O) groups excluding carboxylic acids is 1. The average Bonchev–Trinajstić information content (AvgIpc) is 2.39. The van der Waals surface area contributed by atoms with E-state index in [1.807, 2.05) is 0 Å². The first-order valence-corrected chi connectivity index (χ1v) is 7.50. The van der Waals surface area contributed by atoms with Gasteiger partial charge in [-0.2, -0.15) is 0 Å². The van der Waals surface area contributed by atoms with Crippen LogP contribution in [0.5, 0.6) is 0 Å². The van der Waals surface area contributed by atoms with E-state index in [9.17, 15) is 4.79 Å². The second kappa shape index (κ2) is 10.8. The molecule has 0 unspecified atom stereocenters. The smallest absolute Gasteiger partial charge is 0.310 e. The minimum Gasteiger partial charge on any atom is -0.435 e. The molecule has 18 heavy (non-hydrogen) atoms. The Morgan fingerprint density at radius 1 is 1.39 bits per heavy atom. The van der Waals surface area contributed by atoms with E-state index in [1.54, 1.807) is 17.7 Å². The number of carbonyl (C=O) groups is 1. The van der Waals surface area contributed by atoms with Crippen molar-refractivity contribution in [3.05, 3.63) is 42.7 Å². The third-order valence-corrected chi connectivity index (χ3v) is 3.54. The molecule has 0 saturated heterocycles. The molecule has 0 bridgehead atoms. The molecule has 0 aliphatic carbocycles. The van der Waals surface area contributed by atoms with Crippen molar-refractivity contribution in [3.63, 3.8) is 0 Å². The van der Waals surface area contributed by atoms with E-state index in [2.05, 4.69) is 42.5 Å². The van der Waals surface area contributed by atoms with Gasteiger partial charge in [0.15, 0.2) is 0 Å². The van der Waals surface area contributed by atoms with E-state index in [0.717, 1.165) is 6.26 Å². The van der Waals surface area contributed by atoms with Gasteiger partial charge >= 0.3 is 5.97 Å². The predicted octanol–water partition coefficient (Wildman–Crippen LogP) is 2.10. The van der Waals surface area contributed by atoms with Crippen molar-refractivity contribution in [2.45, 2.75) is 39.5 Å². The number of hydrogen-bond acceptors (Lipinski definition) is 2. The lowest BCUT2D eigenvalue weighted by molar-refractivity contribution is -0.137. The molecule has 2 nitrogen and oxygen atoms in total.